The summed E-state index contributed by atoms with van der Waals surface area (Å²) in [4.78, 5) is 4.69. The van der Waals surface area contributed by atoms with Crippen molar-refractivity contribution in [1.82, 2.24) is 10.6 Å². The van der Waals surface area contributed by atoms with Gasteiger partial charge in [-0.15, -0.1) is 0 Å². The summed E-state index contributed by atoms with van der Waals surface area (Å²) in [6.45, 7) is 8.75. The van der Waals surface area contributed by atoms with E-state index >= 15 is 0 Å². The lowest BCUT2D eigenvalue weighted by molar-refractivity contribution is 0.297. The molecule has 0 heterocycles. The molecule has 1 aromatic rings. The van der Waals surface area contributed by atoms with Gasteiger partial charge in [0.25, 0.3) is 0 Å². The molecule has 0 saturated heterocycles. The molecule has 1 unspecified atom stereocenters. The Labute approximate surface area is 134 Å². The van der Waals surface area contributed by atoms with Gasteiger partial charge in [0.05, 0.1) is 13.2 Å². The SMILES string of the molecule is CCNC(=NCc1ccccc1OCC1CC1)NC(C)CC. The van der Waals surface area contributed by atoms with E-state index in [0.29, 0.717) is 12.6 Å². The zero-order valence-corrected chi connectivity index (χ0v) is 14.1. The van der Waals surface area contributed by atoms with Crippen LogP contribution in [0.1, 0.15) is 45.6 Å². The van der Waals surface area contributed by atoms with E-state index in [9.17, 15) is 0 Å². The van der Waals surface area contributed by atoms with Gasteiger partial charge >= 0.3 is 0 Å². The van der Waals surface area contributed by atoms with Crippen LogP contribution in [0.3, 0.4) is 0 Å². The van der Waals surface area contributed by atoms with Crippen LogP contribution < -0.4 is 15.4 Å². The molecule has 1 aliphatic rings. The van der Waals surface area contributed by atoms with Gasteiger partial charge in [-0.2, -0.15) is 0 Å². The largest absolute Gasteiger partial charge is 0.493 e. The Hall–Kier alpha value is -1.71. The Morgan fingerprint density at radius 2 is 2.09 bits per heavy atom. The highest BCUT2D eigenvalue weighted by molar-refractivity contribution is 5.80. The molecule has 2 N–H and O–H groups in total. The lowest BCUT2D eigenvalue weighted by Gasteiger charge is -2.16. The molecule has 22 heavy (non-hydrogen) atoms. The topological polar surface area (TPSA) is 45.7 Å². The van der Waals surface area contributed by atoms with Gasteiger partial charge in [-0.25, -0.2) is 4.99 Å². The standard InChI is InChI=1S/C18H29N3O/c1-4-14(3)21-18(19-5-2)20-12-16-8-6-7-9-17(16)22-13-15-10-11-15/h6-9,14-15H,4-5,10-13H2,1-3H3,(H2,19,20,21). The van der Waals surface area contributed by atoms with Crippen molar-refractivity contribution >= 4 is 5.96 Å². The van der Waals surface area contributed by atoms with E-state index in [1.165, 1.54) is 12.8 Å². The fourth-order valence-corrected chi connectivity index (χ4v) is 2.09. The number of nitrogens with zero attached hydrogens (tertiary/aromatic N) is 1. The number of hydrogen-bond acceptors (Lipinski definition) is 2. The van der Waals surface area contributed by atoms with Crippen LogP contribution in [0, 0.1) is 5.92 Å². The molecule has 1 aromatic carbocycles. The van der Waals surface area contributed by atoms with E-state index in [1.807, 2.05) is 18.2 Å². The molecule has 4 nitrogen and oxygen atoms in total. The molecule has 1 aliphatic carbocycles. The van der Waals surface area contributed by atoms with Gasteiger partial charge in [0.15, 0.2) is 5.96 Å². The van der Waals surface area contributed by atoms with Crippen LogP contribution in [-0.2, 0) is 6.54 Å². The third kappa shape index (κ3) is 5.58. The minimum absolute atomic E-state index is 0.416. The molecule has 4 heteroatoms. The summed E-state index contributed by atoms with van der Waals surface area (Å²) in [6, 6.07) is 8.63. The van der Waals surface area contributed by atoms with Gasteiger partial charge in [0.2, 0.25) is 0 Å². The number of hydrogen-bond donors (Lipinski definition) is 2. The minimum atomic E-state index is 0.416. The van der Waals surface area contributed by atoms with Crippen molar-refractivity contribution in [3.05, 3.63) is 29.8 Å². The summed E-state index contributed by atoms with van der Waals surface area (Å²) in [5.41, 5.74) is 1.14. The number of para-hydroxylation sites is 1. The lowest BCUT2D eigenvalue weighted by atomic mass is 10.2. The first-order valence-corrected chi connectivity index (χ1v) is 8.48. The first-order valence-electron chi connectivity index (χ1n) is 8.48. The van der Waals surface area contributed by atoms with Crippen LogP contribution in [0.15, 0.2) is 29.3 Å². The highest BCUT2D eigenvalue weighted by atomic mass is 16.5. The number of nitrogens with one attached hydrogen (secondary N) is 2. The van der Waals surface area contributed by atoms with Gasteiger partial charge < -0.3 is 15.4 Å². The van der Waals surface area contributed by atoms with E-state index in [2.05, 4.69) is 42.5 Å². The molecule has 0 radical (unpaired) electrons. The van der Waals surface area contributed by atoms with Crippen molar-refractivity contribution in [2.45, 2.75) is 52.6 Å². The highest BCUT2D eigenvalue weighted by Crippen LogP contribution is 2.30. The van der Waals surface area contributed by atoms with Crippen LogP contribution >= 0.6 is 0 Å². The van der Waals surface area contributed by atoms with Crippen LogP contribution in [0.2, 0.25) is 0 Å². The number of aliphatic imine (C=N–C) groups is 1. The maximum absolute atomic E-state index is 5.95. The van der Waals surface area contributed by atoms with Crippen LogP contribution in [0.5, 0.6) is 5.75 Å². The van der Waals surface area contributed by atoms with Gasteiger partial charge in [-0.3, -0.25) is 0 Å². The number of ether oxygens (including phenoxy) is 1. The fraction of sp³-hybridized carbons (Fsp3) is 0.611. The van der Waals surface area contributed by atoms with Crippen molar-refractivity contribution in [3.63, 3.8) is 0 Å². The summed E-state index contributed by atoms with van der Waals surface area (Å²) in [5.74, 6) is 2.60. The smallest absolute Gasteiger partial charge is 0.191 e. The predicted octanol–water partition coefficient (Wildman–Crippen LogP) is 3.33. The van der Waals surface area contributed by atoms with Crippen LogP contribution in [0.25, 0.3) is 0 Å². The summed E-state index contributed by atoms with van der Waals surface area (Å²) in [7, 11) is 0. The summed E-state index contributed by atoms with van der Waals surface area (Å²) < 4.78 is 5.95. The van der Waals surface area contributed by atoms with E-state index in [4.69, 9.17) is 4.74 Å². The second kappa shape index (κ2) is 8.66. The maximum Gasteiger partial charge on any atom is 0.191 e. The van der Waals surface area contributed by atoms with E-state index in [-0.39, 0.29) is 0 Å². The van der Waals surface area contributed by atoms with Crippen molar-refractivity contribution in [2.75, 3.05) is 13.2 Å². The monoisotopic (exact) mass is 303 g/mol. The Bertz CT molecular complexity index is 483. The first kappa shape index (κ1) is 16.7. The zero-order chi connectivity index (χ0) is 15.8. The van der Waals surface area contributed by atoms with E-state index in [0.717, 1.165) is 42.8 Å². The number of rotatable bonds is 8. The third-order valence-corrected chi connectivity index (χ3v) is 3.89. The van der Waals surface area contributed by atoms with Gasteiger partial charge in [0.1, 0.15) is 5.75 Å². The second-order valence-corrected chi connectivity index (χ2v) is 6.01. The van der Waals surface area contributed by atoms with Gasteiger partial charge in [0, 0.05) is 18.2 Å². The summed E-state index contributed by atoms with van der Waals surface area (Å²) in [5, 5.41) is 6.71. The predicted molar refractivity (Wildman–Crippen MR) is 92.4 cm³/mol. The van der Waals surface area contributed by atoms with Crippen LogP contribution in [-0.4, -0.2) is 25.2 Å². The molecule has 0 aromatic heterocycles. The zero-order valence-electron chi connectivity index (χ0n) is 14.1. The summed E-state index contributed by atoms with van der Waals surface area (Å²) >= 11 is 0. The van der Waals surface area contributed by atoms with Crippen molar-refractivity contribution in [3.8, 4) is 5.75 Å². The third-order valence-electron chi connectivity index (χ3n) is 3.89. The normalized spacial score (nSPS) is 16.2. The Morgan fingerprint density at radius 3 is 2.77 bits per heavy atom. The average molecular weight is 303 g/mol. The first-order chi connectivity index (χ1) is 10.7. The van der Waals surface area contributed by atoms with Crippen LogP contribution in [0.4, 0.5) is 0 Å². The average Bonchev–Trinajstić information content (AvgIpc) is 3.35. The molecule has 0 aliphatic heterocycles. The van der Waals surface area contributed by atoms with Crippen molar-refractivity contribution < 1.29 is 4.74 Å². The van der Waals surface area contributed by atoms with Gasteiger partial charge in [-0.05, 0) is 45.1 Å². The molecule has 0 amide bonds. The Morgan fingerprint density at radius 1 is 1.32 bits per heavy atom. The molecule has 2 rings (SSSR count). The Balaban J connectivity index is 1.98. The van der Waals surface area contributed by atoms with Gasteiger partial charge in [-0.1, -0.05) is 25.1 Å². The molecule has 0 spiro atoms. The minimum Gasteiger partial charge on any atom is -0.493 e. The van der Waals surface area contributed by atoms with Crippen molar-refractivity contribution in [2.24, 2.45) is 10.9 Å². The molecule has 1 atom stereocenters. The fourth-order valence-electron chi connectivity index (χ4n) is 2.09. The molecule has 0 bridgehead atoms. The molecular formula is C18H29N3O. The van der Waals surface area contributed by atoms with Crippen molar-refractivity contribution in [1.29, 1.82) is 0 Å². The van der Waals surface area contributed by atoms with E-state index in [1.54, 1.807) is 0 Å². The lowest BCUT2D eigenvalue weighted by Crippen LogP contribution is -2.41. The molecule has 1 saturated carbocycles. The molecular weight excluding hydrogens is 274 g/mol. The number of guanidine groups is 1. The quantitative estimate of drug-likeness (QED) is 0.572. The Kier molecular flexibility index (Phi) is 6.56. The maximum atomic E-state index is 5.95. The highest BCUT2D eigenvalue weighted by Gasteiger charge is 2.22. The second-order valence-electron chi connectivity index (χ2n) is 6.01. The molecule has 122 valence electrons. The van der Waals surface area contributed by atoms with E-state index < -0.39 is 0 Å². The summed E-state index contributed by atoms with van der Waals surface area (Å²) in [6.07, 6.45) is 3.69. The number of benzene rings is 1. The molecule has 1 fully saturated rings.